The molecule has 7 rings (SSSR count). The first-order valence-electron chi connectivity index (χ1n) is 16.2. The van der Waals surface area contributed by atoms with Gasteiger partial charge < -0.3 is 30.2 Å². The number of carbonyl (C=O) groups excluding carboxylic acids is 2. The summed E-state index contributed by atoms with van der Waals surface area (Å²) in [6.45, 7) is 5.43. The molecule has 0 bridgehead atoms. The summed E-state index contributed by atoms with van der Waals surface area (Å²) in [6.07, 6.45) is 10.4. The Kier molecular flexibility index (Phi) is 8.42. The lowest BCUT2D eigenvalue weighted by Crippen LogP contribution is -2.51. The lowest BCUT2D eigenvalue weighted by Gasteiger charge is -2.30. The van der Waals surface area contributed by atoms with Crippen LogP contribution in [0.3, 0.4) is 0 Å². The molecule has 2 fully saturated rings. The van der Waals surface area contributed by atoms with Crippen LogP contribution < -0.4 is 10.6 Å². The Morgan fingerprint density at radius 1 is 0.851 bits per heavy atom. The summed E-state index contributed by atoms with van der Waals surface area (Å²) < 4.78 is 4.74. The summed E-state index contributed by atoms with van der Waals surface area (Å²) in [5, 5.41) is 8.43. The number of methoxy groups -OCH3 is 1. The molecule has 5 heterocycles. The van der Waals surface area contributed by atoms with E-state index in [2.05, 4.69) is 72.0 Å². The summed E-state index contributed by atoms with van der Waals surface area (Å²) in [6, 6.07) is 12.1. The molecule has 0 saturated carbocycles. The van der Waals surface area contributed by atoms with Gasteiger partial charge in [0.05, 0.1) is 61.1 Å². The Morgan fingerprint density at radius 2 is 1.55 bits per heavy atom. The van der Waals surface area contributed by atoms with Crippen LogP contribution in [0.1, 0.15) is 63.3 Å². The lowest BCUT2D eigenvalue weighted by molar-refractivity contribution is -0.135. The van der Waals surface area contributed by atoms with Gasteiger partial charge in [0.1, 0.15) is 23.4 Å². The smallest absolute Gasteiger partial charge is 0.407 e. The fraction of sp³-hybridized carbons (Fsp3) is 0.371. The van der Waals surface area contributed by atoms with Crippen LogP contribution >= 0.6 is 0 Å². The Hall–Kier alpha value is -5.10. The molecule has 0 spiro atoms. The minimum atomic E-state index is -0.684. The zero-order valence-corrected chi connectivity index (χ0v) is 26.8. The summed E-state index contributed by atoms with van der Waals surface area (Å²) in [7, 11) is 1.29. The number of alkyl carbamates (subject to hydrolysis) is 1. The second-order valence-corrected chi connectivity index (χ2v) is 12.6. The van der Waals surface area contributed by atoms with E-state index in [-0.39, 0.29) is 17.9 Å². The van der Waals surface area contributed by atoms with Crippen LogP contribution in [0.4, 0.5) is 4.79 Å². The number of aromatic nitrogens is 6. The summed E-state index contributed by atoms with van der Waals surface area (Å²) in [4.78, 5) is 52.7. The maximum Gasteiger partial charge on any atom is 0.407 e. The Bertz CT molecular complexity index is 1890. The highest BCUT2D eigenvalue weighted by Gasteiger charge is 2.37. The summed E-state index contributed by atoms with van der Waals surface area (Å²) in [5.74, 6) is 1.45. The molecule has 2 amide bonds. The van der Waals surface area contributed by atoms with Crippen LogP contribution in [-0.4, -0.2) is 73.0 Å². The third-order valence-corrected chi connectivity index (χ3v) is 9.20. The van der Waals surface area contributed by atoms with Crippen LogP contribution in [0.25, 0.3) is 44.7 Å². The topological polar surface area (TPSA) is 154 Å². The Labute approximate surface area is 272 Å². The minimum absolute atomic E-state index is 0.0988. The van der Waals surface area contributed by atoms with Gasteiger partial charge in [-0.15, -0.1) is 0 Å². The van der Waals surface area contributed by atoms with Crippen molar-refractivity contribution in [2.45, 2.75) is 57.7 Å². The van der Waals surface area contributed by atoms with Crippen molar-refractivity contribution in [2.24, 2.45) is 5.92 Å². The first-order chi connectivity index (χ1) is 22.9. The van der Waals surface area contributed by atoms with Gasteiger partial charge in [0.2, 0.25) is 5.91 Å². The van der Waals surface area contributed by atoms with Crippen LogP contribution in [0.2, 0.25) is 0 Å². The molecular weight excluding hydrogens is 594 g/mol. The van der Waals surface area contributed by atoms with E-state index in [0.717, 1.165) is 70.6 Å². The molecule has 0 aliphatic carbocycles. The molecule has 2 aliphatic rings. The normalized spacial score (nSPS) is 18.6. The van der Waals surface area contributed by atoms with Crippen molar-refractivity contribution < 1.29 is 14.3 Å². The number of ether oxygens (including phenoxy) is 1. The standard InChI is InChI=1S/C35H39N9O3/c1-20(2)31(43-35(46)47-3)34(45)44-13-5-7-30(44)33-40-19-29(42-33)28-18-37-26(16-38-28)23-10-8-22-15-24(11-9-21(22)14-23)27-17-39-32(41-27)25-6-4-12-36-25/h8-11,14-20,25,30-31,36H,4-7,12-13H2,1-3H3,(H,39,41)(H,40,42)(H,43,46)/t25-,30-,31-/m0/s1. The van der Waals surface area contributed by atoms with Gasteiger partial charge in [-0.25, -0.2) is 14.8 Å². The van der Waals surface area contributed by atoms with Gasteiger partial charge in [0.25, 0.3) is 0 Å². The van der Waals surface area contributed by atoms with Crippen molar-refractivity contribution in [3.05, 3.63) is 72.8 Å². The molecule has 2 saturated heterocycles. The number of carbonyl (C=O) groups is 2. The molecule has 47 heavy (non-hydrogen) atoms. The van der Waals surface area contributed by atoms with Crippen LogP contribution in [0.15, 0.2) is 61.2 Å². The Morgan fingerprint density at radius 3 is 2.28 bits per heavy atom. The number of hydrogen-bond donors (Lipinski definition) is 4. The fourth-order valence-corrected chi connectivity index (χ4v) is 6.60. The molecular formula is C35H39N9O3. The van der Waals surface area contributed by atoms with Gasteiger partial charge in [0.15, 0.2) is 0 Å². The maximum atomic E-state index is 13.5. The monoisotopic (exact) mass is 633 g/mol. The number of nitrogens with one attached hydrogen (secondary N) is 4. The second-order valence-electron chi connectivity index (χ2n) is 12.6. The van der Waals surface area contributed by atoms with E-state index in [4.69, 9.17) is 9.72 Å². The van der Waals surface area contributed by atoms with Crippen molar-refractivity contribution in [3.63, 3.8) is 0 Å². The average Bonchev–Trinajstić information content (AvgIpc) is 3.93. The first kappa shape index (κ1) is 30.5. The third kappa shape index (κ3) is 6.20. The molecule has 5 aromatic rings. The first-order valence-corrected chi connectivity index (χ1v) is 16.2. The number of amides is 2. The predicted octanol–water partition coefficient (Wildman–Crippen LogP) is 5.55. The largest absolute Gasteiger partial charge is 0.453 e. The minimum Gasteiger partial charge on any atom is -0.453 e. The van der Waals surface area contributed by atoms with Crippen LogP contribution in [0.5, 0.6) is 0 Å². The third-order valence-electron chi connectivity index (χ3n) is 9.20. The highest BCUT2D eigenvalue weighted by Crippen LogP contribution is 2.33. The number of hydrogen-bond acceptors (Lipinski definition) is 8. The van der Waals surface area contributed by atoms with Gasteiger partial charge in [-0.3, -0.25) is 14.8 Å². The maximum absolute atomic E-state index is 13.5. The molecule has 242 valence electrons. The van der Waals surface area contributed by atoms with E-state index in [0.29, 0.717) is 24.1 Å². The fourth-order valence-electron chi connectivity index (χ4n) is 6.60. The predicted molar refractivity (Wildman–Crippen MR) is 178 cm³/mol. The van der Waals surface area contributed by atoms with Crippen molar-refractivity contribution in [2.75, 3.05) is 20.2 Å². The molecule has 2 aliphatic heterocycles. The zero-order valence-electron chi connectivity index (χ0n) is 26.8. The van der Waals surface area contributed by atoms with Crippen molar-refractivity contribution in [1.29, 1.82) is 0 Å². The zero-order chi connectivity index (χ0) is 32.5. The lowest BCUT2D eigenvalue weighted by atomic mass is 10.0. The average molecular weight is 634 g/mol. The van der Waals surface area contributed by atoms with Gasteiger partial charge in [-0.05, 0) is 61.1 Å². The number of likely N-dealkylation sites (tertiary alicyclic amines) is 1. The number of H-pyrrole nitrogens is 2. The van der Waals surface area contributed by atoms with E-state index >= 15 is 0 Å². The number of benzene rings is 2. The molecule has 0 unspecified atom stereocenters. The van der Waals surface area contributed by atoms with Gasteiger partial charge in [-0.2, -0.15) is 0 Å². The number of rotatable bonds is 8. The van der Waals surface area contributed by atoms with Crippen molar-refractivity contribution in [1.82, 2.24) is 45.4 Å². The highest BCUT2D eigenvalue weighted by molar-refractivity contribution is 5.90. The highest BCUT2D eigenvalue weighted by atomic mass is 16.5. The van der Waals surface area contributed by atoms with Gasteiger partial charge >= 0.3 is 6.09 Å². The van der Waals surface area contributed by atoms with E-state index in [9.17, 15) is 9.59 Å². The van der Waals surface area contributed by atoms with Crippen LogP contribution in [-0.2, 0) is 9.53 Å². The molecule has 4 N–H and O–H groups in total. The van der Waals surface area contributed by atoms with E-state index in [1.54, 1.807) is 23.5 Å². The van der Waals surface area contributed by atoms with E-state index in [1.165, 1.54) is 13.5 Å². The summed E-state index contributed by atoms with van der Waals surface area (Å²) >= 11 is 0. The van der Waals surface area contributed by atoms with E-state index in [1.807, 2.05) is 20.0 Å². The second kappa shape index (κ2) is 13.0. The van der Waals surface area contributed by atoms with Gasteiger partial charge in [0, 0.05) is 17.7 Å². The van der Waals surface area contributed by atoms with Crippen LogP contribution in [0, 0.1) is 5.92 Å². The molecule has 3 aromatic heterocycles. The van der Waals surface area contributed by atoms with Crippen molar-refractivity contribution >= 4 is 22.8 Å². The molecule has 12 nitrogen and oxygen atoms in total. The number of nitrogens with zero attached hydrogens (tertiary/aromatic N) is 5. The molecule has 0 radical (unpaired) electrons. The number of imidazole rings is 2. The molecule has 12 heteroatoms. The van der Waals surface area contributed by atoms with E-state index < -0.39 is 12.1 Å². The summed E-state index contributed by atoms with van der Waals surface area (Å²) in [5.41, 5.74) is 5.26. The Balaban J connectivity index is 1.05. The van der Waals surface area contributed by atoms with Gasteiger partial charge in [-0.1, -0.05) is 38.1 Å². The van der Waals surface area contributed by atoms with Crippen molar-refractivity contribution in [3.8, 4) is 33.9 Å². The SMILES string of the molecule is COC(=O)N[C@H](C(=O)N1CCC[C@H]1c1ncc(-c2cnc(-c3ccc4cc(-c5cnc([C@@H]6CCCN6)[nH]5)ccc4c3)cn2)[nH]1)C(C)C. The quantitative estimate of drug-likeness (QED) is 0.174. The number of fused-ring (bicyclic) bond motifs is 1. The number of aromatic amines is 2. The molecule has 3 atom stereocenters. The molecule has 2 aromatic carbocycles.